The van der Waals surface area contributed by atoms with Crippen LogP contribution < -0.4 is 14.8 Å². The third kappa shape index (κ3) is 4.13. The first-order valence-electron chi connectivity index (χ1n) is 9.98. The van der Waals surface area contributed by atoms with E-state index >= 15 is 0 Å². The molecule has 0 unspecified atom stereocenters. The van der Waals surface area contributed by atoms with Crippen LogP contribution in [0.3, 0.4) is 0 Å². The van der Waals surface area contributed by atoms with Crippen molar-refractivity contribution in [2.75, 3.05) is 19.5 Å². The number of rotatable bonds is 6. The normalized spacial score (nSPS) is 15.1. The van der Waals surface area contributed by atoms with Gasteiger partial charge in [0, 0.05) is 17.7 Å². The number of carbonyl (C=O) groups is 1. The number of non-ortho nitro benzene ring substituents is 1. The van der Waals surface area contributed by atoms with E-state index in [0.717, 1.165) is 0 Å². The van der Waals surface area contributed by atoms with Gasteiger partial charge in [-0.1, -0.05) is 6.07 Å². The maximum Gasteiger partial charge on any atom is 0.278 e. The zero-order valence-corrected chi connectivity index (χ0v) is 18.1. The summed E-state index contributed by atoms with van der Waals surface area (Å²) in [5, 5.41) is 39.6. The number of anilines is 1. The van der Waals surface area contributed by atoms with Gasteiger partial charge in [-0.05, 0) is 42.0 Å². The smallest absolute Gasteiger partial charge is 0.278 e. The monoisotopic (exact) mass is 464 g/mol. The average molecular weight is 464 g/mol. The van der Waals surface area contributed by atoms with Gasteiger partial charge in [-0.2, -0.15) is 5.10 Å². The molecule has 0 saturated carbocycles. The van der Waals surface area contributed by atoms with E-state index in [2.05, 4.69) is 10.4 Å². The number of methoxy groups -OCH3 is 2. The fourth-order valence-electron chi connectivity index (χ4n) is 3.51. The first-order valence-corrected chi connectivity index (χ1v) is 9.98. The number of amides is 1. The fraction of sp³-hybridized carbons (Fsp3) is 0.130. The number of nitro groups is 1. The van der Waals surface area contributed by atoms with Gasteiger partial charge in [-0.15, -0.1) is 0 Å². The highest BCUT2D eigenvalue weighted by atomic mass is 16.6. The summed E-state index contributed by atoms with van der Waals surface area (Å²) in [6.07, 6.45) is 0.550. The summed E-state index contributed by atoms with van der Waals surface area (Å²) in [4.78, 5) is 24.0. The van der Waals surface area contributed by atoms with Crippen molar-refractivity contribution in [3.8, 4) is 23.0 Å². The molecular formula is C23H20N4O7. The minimum absolute atomic E-state index is 0.0417. The number of nitro benzene ring substituents is 1. The predicted molar refractivity (Wildman–Crippen MR) is 123 cm³/mol. The molecule has 0 radical (unpaired) electrons. The summed E-state index contributed by atoms with van der Waals surface area (Å²) >= 11 is 0. The molecule has 1 aliphatic rings. The molecule has 1 aliphatic heterocycles. The Morgan fingerprint density at radius 2 is 1.71 bits per heavy atom. The lowest BCUT2D eigenvalue weighted by atomic mass is 10.0. The zero-order chi connectivity index (χ0) is 24.4. The molecule has 11 heteroatoms. The van der Waals surface area contributed by atoms with Crippen molar-refractivity contribution in [3.05, 3.63) is 81.4 Å². The van der Waals surface area contributed by atoms with Crippen LogP contribution in [0, 0.1) is 10.1 Å². The Morgan fingerprint density at radius 3 is 2.38 bits per heavy atom. The van der Waals surface area contributed by atoms with Crippen LogP contribution in [0.4, 0.5) is 11.4 Å². The van der Waals surface area contributed by atoms with E-state index in [1.165, 1.54) is 61.8 Å². The summed E-state index contributed by atoms with van der Waals surface area (Å²) in [5.41, 5.74) is 1.37. The molecule has 0 aliphatic carbocycles. The minimum Gasteiger partial charge on any atom is -0.504 e. The van der Waals surface area contributed by atoms with Gasteiger partial charge in [0.25, 0.3) is 11.6 Å². The maximum atomic E-state index is 13.4. The van der Waals surface area contributed by atoms with Crippen molar-refractivity contribution in [2.24, 2.45) is 5.10 Å². The van der Waals surface area contributed by atoms with E-state index in [0.29, 0.717) is 11.1 Å². The fourth-order valence-corrected chi connectivity index (χ4v) is 3.51. The van der Waals surface area contributed by atoms with Crippen LogP contribution in [-0.4, -0.2) is 46.5 Å². The van der Waals surface area contributed by atoms with E-state index in [4.69, 9.17) is 9.47 Å². The van der Waals surface area contributed by atoms with Crippen LogP contribution >= 0.6 is 0 Å². The number of nitrogens with one attached hydrogen (secondary N) is 1. The van der Waals surface area contributed by atoms with Crippen molar-refractivity contribution >= 4 is 23.5 Å². The number of carbonyl (C=O) groups excluding carboxylic acids is 1. The van der Waals surface area contributed by atoms with Crippen molar-refractivity contribution < 1.29 is 29.4 Å². The highest BCUT2D eigenvalue weighted by Gasteiger charge is 2.34. The molecule has 0 spiro atoms. The number of fused-ring (bicyclic) bond motifs is 1. The zero-order valence-electron chi connectivity index (χ0n) is 18.1. The molecule has 11 nitrogen and oxygen atoms in total. The van der Waals surface area contributed by atoms with Crippen LogP contribution in [-0.2, 0) is 0 Å². The lowest BCUT2D eigenvalue weighted by Gasteiger charge is -2.34. The third-order valence-corrected chi connectivity index (χ3v) is 5.24. The third-order valence-electron chi connectivity index (χ3n) is 5.24. The topological polar surface area (TPSA) is 147 Å². The molecule has 0 saturated heterocycles. The molecule has 1 heterocycles. The number of hydrazone groups is 1. The summed E-state index contributed by atoms with van der Waals surface area (Å²) in [5.74, 6) is -0.202. The lowest BCUT2D eigenvalue weighted by Crippen LogP contribution is -2.39. The second-order valence-electron chi connectivity index (χ2n) is 7.29. The standard InChI is InChI=1S/C23H20N4O7/c1-33-20-9-13(3-7-18(20)28)12-24-26-22(14-4-8-19(29)21(10-14)34-2)25-17-11-15(27(31)32)5-6-16(17)23(26)30/h3-12,22,25,28-29H,1-2H3/b24-12+/t22-/m1/s1. The SMILES string of the molecule is COc1cc(/C=N/N2C(=O)c3ccc([N+](=O)[O-])cc3N[C@H]2c2ccc(O)c(OC)c2)ccc1O. The summed E-state index contributed by atoms with van der Waals surface area (Å²) in [6.45, 7) is 0. The minimum atomic E-state index is -0.869. The van der Waals surface area contributed by atoms with E-state index in [-0.39, 0.29) is 39.9 Å². The second-order valence-corrected chi connectivity index (χ2v) is 7.29. The quantitative estimate of drug-likeness (QED) is 0.285. The van der Waals surface area contributed by atoms with Crippen LogP contribution in [0.1, 0.15) is 27.7 Å². The number of phenolic OH excluding ortho intramolecular Hbond substituents is 2. The van der Waals surface area contributed by atoms with Crippen LogP contribution in [0.2, 0.25) is 0 Å². The van der Waals surface area contributed by atoms with E-state index in [1.54, 1.807) is 18.2 Å². The summed E-state index contributed by atoms with van der Waals surface area (Å²) in [6, 6.07) is 13.0. The van der Waals surface area contributed by atoms with Gasteiger partial charge in [0.1, 0.15) is 0 Å². The Bertz CT molecular complexity index is 1310. The Labute approximate surface area is 193 Å². The van der Waals surface area contributed by atoms with Crippen LogP contribution in [0.15, 0.2) is 59.7 Å². The first kappa shape index (κ1) is 22.4. The predicted octanol–water partition coefficient (Wildman–Crippen LogP) is 3.62. The number of benzene rings is 3. The maximum absolute atomic E-state index is 13.4. The second kappa shape index (κ2) is 8.98. The van der Waals surface area contributed by atoms with E-state index in [9.17, 15) is 25.1 Å². The lowest BCUT2D eigenvalue weighted by molar-refractivity contribution is -0.384. The van der Waals surface area contributed by atoms with Crippen molar-refractivity contribution in [1.82, 2.24) is 5.01 Å². The van der Waals surface area contributed by atoms with Crippen molar-refractivity contribution in [3.63, 3.8) is 0 Å². The molecule has 0 fully saturated rings. The number of hydrogen-bond donors (Lipinski definition) is 3. The molecular weight excluding hydrogens is 444 g/mol. The number of aromatic hydroxyl groups is 2. The number of ether oxygens (including phenoxy) is 2. The molecule has 1 atom stereocenters. The van der Waals surface area contributed by atoms with Gasteiger partial charge in [-0.3, -0.25) is 14.9 Å². The van der Waals surface area contributed by atoms with Crippen LogP contribution in [0.25, 0.3) is 0 Å². The Hall–Kier alpha value is -4.80. The summed E-state index contributed by atoms with van der Waals surface area (Å²) in [7, 11) is 2.81. The van der Waals surface area contributed by atoms with Gasteiger partial charge < -0.3 is 25.0 Å². The number of nitrogens with zero attached hydrogens (tertiary/aromatic N) is 3. The van der Waals surface area contributed by atoms with Gasteiger partial charge in [0.15, 0.2) is 29.2 Å². The molecule has 0 bridgehead atoms. The number of hydrogen-bond acceptors (Lipinski definition) is 9. The largest absolute Gasteiger partial charge is 0.504 e. The molecule has 174 valence electrons. The summed E-state index contributed by atoms with van der Waals surface area (Å²) < 4.78 is 10.3. The Kier molecular flexibility index (Phi) is 5.92. The molecule has 4 rings (SSSR count). The van der Waals surface area contributed by atoms with E-state index in [1.807, 2.05) is 0 Å². The molecule has 3 N–H and O–H groups in total. The van der Waals surface area contributed by atoms with E-state index < -0.39 is 17.0 Å². The average Bonchev–Trinajstić information content (AvgIpc) is 2.84. The first-order chi connectivity index (χ1) is 16.3. The molecule has 34 heavy (non-hydrogen) atoms. The molecule has 0 aromatic heterocycles. The van der Waals surface area contributed by atoms with Gasteiger partial charge in [0.05, 0.1) is 36.6 Å². The Balaban J connectivity index is 1.79. The Morgan fingerprint density at radius 1 is 1.03 bits per heavy atom. The van der Waals surface area contributed by atoms with Crippen molar-refractivity contribution in [1.29, 1.82) is 0 Å². The van der Waals surface area contributed by atoms with Gasteiger partial charge in [0.2, 0.25) is 0 Å². The molecule has 3 aromatic rings. The van der Waals surface area contributed by atoms with Crippen molar-refractivity contribution in [2.45, 2.75) is 6.17 Å². The van der Waals surface area contributed by atoms with Gasteiger partial charge in [-0.25, -0.2) is 5.01 Å². The van der Waals surface area contributed by atoms with Crippen LogP contribution in [0.5, 0.6) is 23.0 Å². The molecule has 1 amide bonds. The highest BCUT2D eigenvalue weighted by Crippen LogP contribution is 2.38. The number of phenols is 2. The highest BCUT2D eigenvalue weighted by molar-refractivity contribution is 6.02. The van der Waals surface area contributed by atoms with Gasteiger partial charge >= 0.3 is 0 Å². The molecule has 3 aromatic carbocycles.